The average Bonchev–Trinajstić information content (AvgIpc) is 2.32. The summed E-state index contributed by atoms with van der Waals surface area (Å²) in [6, 6.07) is 5.02. The van der Waals surface area contributed by atoms with Crippen LogP contribution < -0.4 is 4.90 Å². The maximum Gasteiger partial charge on any atom is 0.123 e. The summed E-state index contributed by atoms with van der Waals surface area (Å²) in [7, 11) is 0. The standard InChI is InChI=1S/C14H20FNO2/c15-12-5-6-14(11(9-12)10-18)16(7-2-8-17)13-3-1-4-13/h5-6,9,13,17-18H,1-4,7-8,10H2. The van der Waals surface area contributed by atoms with Crippen molar-refractivity contribution >= 4 is 5.69 Å². The molecule has 1 aromatic rings. The number of anilines is 1. The van der Waals surface area contributed by atoms with E-state index in [4.69, 9.17) is 5.11 Å². The Kier molecular flexibility index (Phi) is 4.55. The highest BCUT2D eigenvalue weighted by Crippen LogP contribution is 2.32. The van der Waals surface area contributed by atoms with Crippen LogP contribution in [0.5, 0.6) is 0 Å². The molecule has 0 bridgehead atoms. The molecule has 0 atom stereocenters. The predicted molar refractivity (Wildman–Crippen MR) is 69.0 cm³/mol. The van der Waals surface area contributed by atoms with Gasteiger partial charge in [0.25, 0.3) is 0 Å². The van der Waals surface area contributed by atoms with E-state index in [1.54, 1.807) is 6.07 Å². The van der Waals surface area contributed by atoms with Crippen LogP contribution in [0.2, 0.25) is 0 Å². The Bertz CT molecular complexity index is 393. The Morgan fingerprint density at radius 2 is 2.06 bits per heavy atom. The number of aliphatic hydroxyl groups excluding tert-OH is 2. The van der Waals surface area contributed by atoms with E-state index >= 15 is 0 Å². The summed E-state index contributed by atoms with van der Waals surface area (Å²) in [6.07, 6.45) is 4.18. The molecule has 1 fully saturated rings. The van der Waals surface area contributed by atoms with Crippen LogP contribution in [0.4, 0.5) is 10.1 Å². The number of hydrogen-bond acceptors (Lipinski definition) is 3. The van der Waals surface area contributed by atoms with Crippen molar-refractivity contribution in [3.05, 3.63) is 29.6 Å². The maximum atomic E-state index is 13.2. The van der Waals surface area contributed by atoms with Gasteiger partial charge in [-0.05, 0) is 43.9 Å². The fraction of sp³-hybridized carbons (Fsp3) is 0.571. The van der Waals surface area contributed by atoms with E-state index in [2.05, 4.69) is 4.90 Å². The van der Waals surface area contributed by atoms with Gasteiger partial charge in [-0.15, -0.1) is 0 Å². The molecule has 2 rings (SSSR count). The number of rotatable bonds is 6. The summed E-state index contributed by atoms with van der Waals surface area (Å²) in [5, 5.41) is 18.3. The van der Waals surface area contributed by atoms with E-state index in [0.717, 1.165) is 25.1 Å². The number of hydrogen-bond donors (Lipinski definition) is 2. The van der Waals surface area contributed by atoms with Gasteiger partial charge < -0.3 is 15.1 Å². The average molecular weight is 253 g/mol. The summed E-state index contributed by atoms with van der Waals surface area (Å²) in [5.74, 6) is -0.321. The van der Waals surface area contributed by atoms with E-state index in [-0.39, 0.29) is 19.0 Å². The van der Waals surface area contributed by atoms with Crippen LogP contribution in [-0.4, -0.2) is 29.4 Å². The zero-order valence-electron chi connectivity index (χ0n) is 10.5. The third-order valence-corrected chi connectivity index (χ3v) is 3.59. The molecule has 1 aliphatic rings. The minimum atomic E-state index is -0.321. The molecule has 100 valence electrons. The summed E-state index contributed by atoms with van der Waals surface area (Å²) in [5.41, 5.74) is 1.52. The number of halogens is 1. The molecule has 0 aromatic heterocycles. The first-order valence-electron chi connectivity index (χ1n) is 6.53. The SMILES string of the molecule is OCCCN(c1ccc(F)cc1CO)C1CCC1. The third-order valence-electron chi connectivity index (χ3n) is 3.59. The van der Waals surface area contributed by atoms with Crippen molar-refractivity contribution in [1.82, 2.24) is 0 Å². The second kappa shape index (κ2) is 6.16. The Labute approximate surface area is 107 Å². The predicted octanol–water partition coefficient (Wildman–Crippen LogP) is 2.06. The van der Waals surface area contributed by atoms with Gasteiger partial charge in [0, 0.05) is 30.4 Å². The van der Waals surface area contributed by atoms with Gasteiger partial charge in [-0.2, -0.15) is 0 Å². The van der Waals surface area contributed by atoms with Gasteiger partial charge in [0.05, 0.1) is 6.61 Å². The van der Waals surface area contributed by atoms with Gasteiger partial charge in [0.1, 0.15) is 5.82 Å². The van der Waals surface area contributed by atoms with Crippen LogP contribution in [0, 0.1) is 5.82 Å². The highest BCUT2D eigenvalue weighted by molar-refractivity contribution is 5.54. The summed E-state index contributed by atoms with van der Waals surface area (Å²) < 4.78 is 13.2. The molecule has 0 saturated heterocycles. The largest absolute Gasteiger partial charge is 0.396 e. The lowest BCUT2D eigenvalue weighted by Gasteiger charge is -2.40. The maximum absolute atomic E-state index is 13.2. The molecule has 3 nitrogen and oxygen atoms in total. The van der Waals surface area contributed by atoms with Gasteiger partial charge in [-0.25, -0.2) is 4.39 Å². The van der Waals surface area contributed by atoms with Crippen LogP contribution in [0.3, 0.4) is 0 Å². The van der Waals surface area contributed by atoms with E-state index < -0.39 is 0 Å². The third kappa shape index (κ3) is 2.82. The summed E-state index contributed by atoms with van der Waals surface area (Å²) in [6.45, 7) is 0.744. The van der Waals surface area contributed by atoms with Crippen LogP contribution in [-0.2, 0) is 6.61 Å². The topological polar surface area (TPSA) is 43.7 Å². The quantitative estimate of drug-likeness (QED) is 0.815. The fourth-order valence-corrected chi connectivity index (χ4v) is 2.40. The van der Waals surface area contributed by atoms with Crippen molar-refractivity contribution in [3.8, 4) is 0 Å². The molecule has 0 radical (unpaired) electrons. The normalized spacial score (nSPS) is 15.5. The summed E-state index contributed by atoms with van der Waals surface area (Å²) >= 11 is 0. The molecule has 18 heavy (non-hydrogen) atoms. The van der Waals surface area contributed by atoms with Crippen molar-refractivity contribution in [2.24, 2.45) is 0 Å². The lowest BCUT2D eigenvalue weighted by molar-refractivity contribution is 0.276. The molecule has 0 heterocycles. The van der Waals surface area contributed by atoms with Gasteiger partial charge in [0.2, 0.25) is 0 Å². The molecule has 0 amide bonds. The molecule has 4 heteroatoms. The lowest BCUT2D eigenvalue weighted by Crippen LogP contribution is -2.41. The van der Waals surface area contributed by atoms with E-state index in [0.29, 0.717) is 18.0 Å². The monoisotopic (exact) mass is 253 g/mol. The van der Waals surface area contributed by atoms with E-state index in [1.165, 1.54) is 18.6 Å². The minimum absolute atomic E-state index is 0.152. The number of benzene rings is 1. The van der Waals surface area contributed by atoms with Crippen LogP contribution in [0.25, 0.3) is 0 Å². The van der Waals surface area contributed by atoms with Gasteiger partial charge in [-0.1, -0.05) is 0 Å². The Balaban J connectivity index is 2.22. The number of aliphatic hydroxyl groups is 2. The van der Waals surface area contributed by atoms with Gasteiger partial charge in [-0.3, -0.25) is 0 Å². The minimum Gasteiger partial charge on any atom is -0.396 e. The zero-order chi connectivity index (χ0) is 13.0. The molecule has 2 N–H and O–H groups in total. The molecule has 0 spiro atoms. The van der Waals surface area contributed by atoms with E-state index in [9.17, 15) is 9.50 Å². The first kappa shape index (κ1) is 13.3. The van der Waals surface area contributed by atoms with Gasteiger partial charge in [0.15, 0.2) is 0 Å². The van der Waals surface area contributed by atoms with Crippen LogP contribution in [0.15, 0.2) is 18.2 Å². The molecular formula is C14H20FNO2. The Hall–Kier alpha value is -1.13. The second-order valence-corrected chi connectivity index (χ2v) is 4.79. The summed E-state index contributed by atoms with van der Waals surface area (Å²) in [4.78, 5) is 2.20. The van der Waals surface area contributed by atoms with Crippen molar-refractivity contribution in [1.29, 1.82) is 0 Å². The first-order chi connectivity index (χ1) is 8.76. The molecular weight excluding hydrogens is 233 g/mol. The van der Waals surface area contributed by atoms with Crippen molar-refractivity contribution in [2.75, 3.05) is 18.1 Å². The highest BCUT2D eigenvalue weighted by Gasteiger charge is 2.26. The number of nitrogens with zero attached hydrogens (tertiary/aromatic N) is 1. The van der Waals surface area contributed by atoms with Gasteiger partial charge >= 0.3 is 0 Å². The molecule has 1 saturated carbocycles. The van der Waals surface area contributed by atoms with Crippen molar-refractivity contribution in [3.63, 3.8) is 0 Å². The Morgan fingerprint density at radius 1 is 1.28 bits per heavy atom. The lowest BCUT2D eigenvalue weighted by atomic mass is 9.90. The molecule has 0 aliphatic heterocycles. The van der Waals surface area contributed by atoms with Crippen LogP contribution >= 0.6 is 0 Å². The highest BCUT2D eigenvalue weighted by atomic mass is 19.1. The fourth-order valence-electron chi connectivity index (χ4n) is 2.40. The van der Waals surface area contributed by atoms with Crippen molar-refractivity contribution < 1.29 is 14.6 Å². The second-order valence-electron chi connectivity index (χ2n) is 4.79. The molecule has 1 aromatic carbocycles. The van der Waals surface area contributed by atoms with Crippen molar-refractivity contribution in [2.45, 2.75) is 38.3 Å². The van der Waals surface area contributed by atoms with Crippen LogP contribution in [0.1, 0.15) is 31.2 Å². The Morgan fingerprint density at radius 3 is 2.61 bits per heavy atom. The smallest absolute Gasteiger partial charge is 0.123 e. The van der Waals surface area contributed by atoms with E-state index in [1.807, 2.05) is 0 Å². The zero-order valence-corrected chi connectivity index (χ0v) is 10.5. The molecule has 1 aliphatic carbocycles. The first-order valence-corrected chi connectivity index (χ1v) is 6.53. The molecule has 0 unspecified atom stereocenters.